The topological polar surface area (TPSA) is 66.0 Å². The fraction of sp³-hybridized carbons (Fsp3) is 0.310. The lowest BCUT2D eigenvalue weighted by Crippen LogP contribution is -2.15. The van der Waals surface area contributed by atoms with Crippen LogP contribution in [0.25, 0.3) is 33.4 Å². The van der Waals surface area contributed by atoms with Gasteiger partial charge < -0.3 is 10.1 Å². The van der Waals surface area contributed by atoms with Crippen molar-refractivity contribution in [3.63, 3.8) is 0 Å². The molecule has 4 heteroatoms. The fourth-order valence-electron chi connectivity index (χ4n) is 5.30. The van der Waals surface area contributed by atoms with E-state index in [4.69, 9.17) is 4.98 Å². The number of nitrogens with one attached hydrogen (secondary N) is 1. The summed E-state index contributed by atoms with van der Waals surface area (Å²) in [7, 11) is 0. The molecule has 168 valence electrons. The van der Waals surface area contributed by atoms with Gasteiger partial charge in [0.1, 0.15) is 5.65 Å². The number of fused-ring (bicyclic) bond motifs is 3. The van der Waals surface area contributed by atoms with E-state index < -0.39 is 11.9 Å². The molecule has 1 atom stereocenters. The van der Waals surface area contributed by atoms with E-state index in [1.165, 1.54) is 23.2 Å². The van der Waals surface area contributed by atoms with E-state index in [1.807, 2.05) is 37.3 Å². The van der Waals surface area contributed by atoms with E-state index in [1.54, 1.807) is 0 Å². The molecule has 0 spiro atoms. The molecular weight excluding hydrogens is 408 g/mol. The zero-order valence-electron chi connectivity index (χ0n) is 19.3. The van der Waals surface area contributed by atoms with Crippen molar-refractivity contribution >= 4 is 17.0 Å². The number of carbonyl (C=O) groups is 1. The predicted octanol–water partition coefficient (Wildman–Crippen LogP) is 7.05. The summed E-state index contributed by atoms with van der Waals surface area (Å²) in [5.74, 6) is -1.40. The Morgan fingerprint density at radius 3 is 2.45 bits per heavy atom. The van der Waals surface area contributed by atoms with Crippen LogP contribution >= 0.6 is 0 Å². The highest BCUT2D eigenvalue weighted by atomic mass is 16.4. The van der Waals surface area contributed by atoms with Crippen molar-refractivity contribution in [2.45, 2.75) is 58.3 Å². The fourth-order valence-corrected chi connectivity index (χ4v) is 5.30. The van der Waals surface area contributed by atoms with Crippen LogP contribution < -0.4 is 0 Å². The summed E-state index contributed by atoms with van der Waals surface area (Å²) in [5.41, 5.74) is 9.33. The number of rotatable bonds is 6. The first kappa shape index (κ1) is 21.4. The van der Waals surface area contributed by atoms with E-state index in [2.05, 4.69) is 36.2 Å². The van der Waals surface area contributed by atoms with Crippen molar-refractivity contribution in [1.29, 1.82) is 0 Å². The van der Waals surface area contributed by atoms with E-state index in [9.17, 15) is 9.90 Å². The summed E-state index contributed by atoms with van der Waals surface area (Å²) in [6.45, 7) is 4.13. The molecule has 2 heterocycles. The maximum Gasteiger partial charge on any atom is 0.311 e. The molecule has 1 unspecified atom stereocenters. The Hall–Kier alpha value is -3.40. The van der Waals surface area contributed by atoms with E-state index in [0.717, 1.165) is 64.7 Å². The lowest BCUT2D eigenvalue weighted by Gasteiger charge is -2.22. The van der Waals surface area contributed by atoms with Crippen molar-refractivity contribution in [2.24, 2.45) is 0 Å². The smallest absolute Gasteiger partial charge is 0.311 e. The molecule has 2 N–H and O–H groups in total. The lowest BCUT2D eigenvalue weighted by molar-refractivity contribution is -0.139. The summed E-state index contributed by atoms with van der Waals surface area (Å²) >= 11 is 0. The van der Waals surface area contributed by atoms with Gasteiger partial charge in [-0.25, -0.2) is 4.98 Å². The molecule has 2 aromatic carbocycles. The average Bonchev–Trinajstić information content (AvgIpc) is 3.21. The number of H-pyrrole nitrogens is 1. The SMILES string of the molecule is CCCC(C(=O)O)c1c(-c2ccccc2)nc2[nH]c3c(c2c1-c1ccc(C)cc1)CCCC3. The number of aliphatic carboxylic acids is 1. The Morgan fingerprint density at radius 2 is 1.76 bits per heavy atom. The number of hydrogen-bond donors (Lipinski definition) is 2. The molecule has 0 fully saturated rings. The number of aryl methyl sites for hydroxylation is 3. The number of carboxylic acids is 1. The Morgan fingerprint density at radius 1 is 1.03 bits per heavy atom. The summed E-state index contributed by atoms with van der Waals surface area (Å²) in [5, 5.41) is 11.5. The van der Waals surface area contributed by atoms with Crippen LogP contribution in [0.2, 0.25) is 0 Å². The third kappa shape index (κ3) is 3.84. The highest BCUT2D eigenvalue weighted by molar-refractivity contribution is 6.03. The Bertz CT molecular complexity index is 1300. The van der Waals surface area contributed by atoms with Gasteiger partial charge in [0, 0.05) is 22.2 Å². The van der Waals surface area contributed by atoms with E-state index in [-0.39, 0.29) is 0 Å². The molecule has 2 aromatic heterocycles. The molecule has 0 saturated heterocycles. The van der Waals surface area contributed by atoms with Crippen LogP contribution in [0.5, 0.6) is 0 Å². The minimum Gasteiger partial charge on any atom is -0.481 e. The molecule has 1 aliphatic carbocycles. The second-order valence-electron chi connectivity index (χ2n) is 9.17. The van der Waals surface area contributed by atoms with Crippen molar-refractivity contribution in [1.82, 2.24) is 9.97 Å². The van der Waals surface area contributed by atoms with Gasteiger partial charge >= 0.3 is 5.97 Å². The Labute approximate surface area is 194 Å². The maximum atomic E-state index is 12.6. The van der Waals surface area contributed by atoms with Crippen molar-refractivity contribution in [3.05, 3.63) is 77.0 Å². The van der Waals surface area contributed by atoms with Gasteiger partial charge in [0.05, 0.1) is 11.6 Å². The van der Waals surface area contributed by atoms with Crippen LogP contribution in [0.3, 0.4) is 0 Å². The molecule has 4 aromatic rings. The number of aromatic amines is 1. The van der Waals surface area contributed by atoms with Crippen LogP contribution in [-0.2, 0) is 17.6 Å². The molecule has 33 heavy (non-hydrogen) atoms. The highest BCUT2D eigenvalue weighted by Gasteiger charge is 2.31. The van der Waals surface area contributed by atoms with E-state index >= 15 is 0 Å². The first-order valence-corrected chi connectivity index (χ1v) is 12.0. The third-order valence-corrected chi connectivity index (χ3v) is 6.89. The van der Waals surface area contributed by atoms with E-state index in [0.29, 0.717) is 6.42 Å². The Kier molecular flexibility index (Phi) is 5.76. The van der Waals surface area contributed by atoms with Crippen molar-refractivity contribution in [3.8, 4) is 22.4 Å². The second kappa shape index (κ2) is 8.86. The summed E-state index contributed by atoms with van der Waals surface area (Å²) in [4.78, 5) is 21.4. The second-order valence-corrected chi connectivity index (χ2v) is 9.17. The van der Waals surface area contributed by atoms with Crippen LogP contribution in [0, 0.1) is 6.92 Å². The van der Waals surface area contributed by atoms with Gasteiger partial charge in [0.25, 0.3) is 0 Å². The number of pyridine rings is 1. The first-order chi connectivity index (χ1) is 16.1. The van der Waals surface area contributed by atoms with Gasteiger partial charge in [-0.2, -0.15) is 0 Å². The lowest BCUT2D eigenvalue weighted by atomic mass is 9.82. The quantitative estimate of drug-likeness (QED) is 0.339. The normalized spacial score (nSPS) is 14.2. The predicted molar refractivity (Wildman–Crippen MR) is 134 cm³/mol. The van der Waals surface area contributed by atoms with Gasteiger partial charge in [-0.05, 0) is 55.7 Å². The number of carboxylic acid groups (broad SMARTS) is 1. The number of benzene rings is 2. The van der Waals surface area contributed by atoms with Crippen LogP contribution in [0.1, 0.15) is 60.9 Å². The van der Waals surface area contributed by atoms with Crippen LogP contribution in [0.4, 0.5) is 0 Å². The summed E-state index contributed by atoms with van der Waals surface area (Å²) in [6.07, 6.45) is 5.72. The molecule has 0 bridgehead atoms. The molecular formula is C29H30N2O2. The highest BCUT2D eigenvalue weighted by Crippen LogP contribution is 2.45. The van der Waals surface area contributed by atoms with Gasteiger partial charge in [0.2, 0.25) is 0 Å². The molecule has 0 aliphatic heterocycles. The van der Waals surface area contributed by atoms with Crippen LogP contribution in [-0.4, -0.2) is 21.0 Å². The minimum atomic E-state index is -0.784. The molecule has 0 amide bonds. The zero-order chi connectivity index (χ0) is 22.9. The van der Waals surface area contributed by atoms with Gasteiger partial charge in [0.15, 0.2) is 0 Å². The maximum absolute atomic E-state index is 12.6. The van der Waals surface area contributed by atoms with Crippen molar-refractivity contribution < 1.29 is 9.90 Å². The number of hydrogen-bond acceptors (Lipinski definition) is 2. The monoisotopic (exact) mass is 438 g/mol. The zero-order valence-corrected chi connectivity index (χ0v) is 19.3. The Balaban J connectivity index is 1.95. The van der Waals surface area contributed by atoms with Crippen molar-refractivity contribution in [2.75, 3.05) is 0 Å². The van der Waals surface area contributed by atoms with Crippen LogP contribution in [0.15, 0.2) is 54.6 Å². The van der Waals surface area contributed by atoms with Gasteiger partial charge in [-0.15, -0.1) is 0 Å². The number of nitrogens with zero attached hydrogens (tertiary/aromatic N) is 1. The molecule has 5 rings (SSSR count). The largest absolute Gasteiger partial charge is 0.481 e. The molecule has 4 nitrogen and oxygen atoms in total. The third-order valence-electron chi connectivity index (χ3n) is 6.89. The molecule has 0 saturated carbocycles. The van der Waals surface area contributed by atoms with Gasteiger partial charge in [-0.1, -0.05) is 73.5 Å². The minimum absolute atomic E-state index is 0.577. The summed E-state index contributed by atoms with van der Waals surface area (Å²) < 4.78 is 0. The summed E-state index contributed by atoms with van der Waals surface area (Å²) in [6, 6.07) is 18.5. The standard InChI is InChI=1S/C29H30N2O2/c1-3-9-22(29(32)33)25-24(19-16-14-18(2)15-17-19)26-21-12-7-8-13-23(21)30-28(26)31-27(25)20-10-5-4-6-11-20/h4-6,10-11,14-17,22H,3,7-9,12-13H2,1-2H3,(H,30,31)(H,32,33). The molecule has 0 radical (unpaired) electrons. The number of aromatic nitrogens is 2. The molecule has 1 aliphatic rings. The first-order valence-electron chi connectivity index (χ1n) is 12.0. The van der Waals surface area contributed by atoms with Gasteiger partial charge in [-0.3, -0.25) is 4.79 Å². The average molecular weight is 439 g/mol.